The van der Waals surface area contributed by atoms with Crippen LogP contribution in [0.25, 0.3) is 5.70 Å². The van der Waals surface area contributed by atoms with Crippen LogP contribution in [0, 0.1) is 0 Å². The lowest BCUT2D eigenvalue weighted by molar-refractivity contribution is -0.109. The minimum Gasteiger partial charge on any atom is -0.374 e. The third-order valence-corrected chi connectivity index (χ3v) is 5.60. The van der Waals surface area contributed by atoms with Crippen molar-refractivity contribution in [3.8, 4) is 0 Å². The number of carbonyl (C=O) groups excluding carboxylic acids is 1. The van der Waals surface area contributed by atoms with Crippen molar-refractivity contribution in [2.45, 2.75) is 11.5 Å². The van der Waals surface area contributed by atoms with E-state index < -0.39 is 5.41 Å². The molecule has 2 atom stereocenters. The molecule has 118 valence electrons. The normalized spacial score (nSPS) is 22.7. The highest BCUT2D eigenvalue weighted by Gasteiger charge is 2.46. The van der Waals surface area contributed by atoms with E-state index in [-0.39, 0.29) is 6.04 Å². The van der Waals surface area contributed by atoms with Gasteiger partial charge in [0.05, 0.1) is 5.41 Å². The number of hydrogen-bond acceptors (Lipinski definition) is 3. The fourth-order valence-corrected chi connectivity index (χ4v) is 4.38. The highest BCUT2D eigenvalue weighted by molar-refractivity contribution is 7.10. The Balaban J connectivity index is 1.94. The molecule has 1 aromatic heterocycles. The van der Waals surface area contributed by atoms with Crippen molar-refractivity contribution >= 4 is 23.3 Å². The lowest BCUT2D eigenvalue weighted by atomic mass is 9.74. The monoisotopic (exact) mass is 331 g/mol. The summed E-state index contributed by atoms with van der Waals surface area (Å²) >= 11 is 1.69. The van der Waals surface area contributed by atoms with Crippen LogP contribution in [0.3, 0.4) is 0 Å². The minimum atomic E-state index is -0.470. The fourth-order valence-electron chi connectivity index (χ4n) is 3.42. The fraction of sp³-hybridized carbons (Fsp3) is 0.0952. The number of nitrogens with one attached hydrogen (secondary N) is 1. The smallest absolute Gasteiger partial charge is 0.143 e. The van der Waals surface area contributed by atoms with Crippen molar-refractivity contribution in [3.63, 3.8) is 0 Å². The van der Waals surface area contributed by atoms with Crippen LogP contribution in [0.5, 0.6) is 0 Å². The van der Waals surface area contributed by atoms with Gasteiger partial charge < -0.3 is 10.1 Å². The van der Waals surface area contributed by atoms with Gasteiger partial charge in [-0.1, -0.05) is 66.7 Å². The molecule has 0 amide bonds. The van der Waals surface area contributed by atoms with Crippen LogP contribution in [0.15, 0.2) is 84.3 Å². The third-order valence-electron chi connectivity index (χ3n) is 4.57. The number of thiophene rings is 1. The Morgan fingerprint density at radius 1 is 0.917 bits per heavy atom. The van der Waals surface area contributed by atoms with Crippen LogP contribution in [-0.2, 0) is 10.2 Å². The largest absolute Gasteiger partial charge is 0.374 e. The maximum atomic E-state index is 12.0. The zero-order valence-electron chi connectivity index (χ0n) is 13.1. The first kappa shape index (κ1) is 14.9. The minimum absolute atomic E-state index is 0.325. The van der Waals surface area contributed by atoms with Crippen LogP contribution in [-0.4, -0.2) is 12.3 Å². The second-order valence-corrected chi connectivity index (χ2v) is 6.84. The van der Waals surface area contributed by atoms with E-state index in [1.165, 1.54) is 4.88 Å². The van der Waals surface area contributed by atoms with Crippen molar-refractivity contribution in [1.82, 2.24) is 5.32 Å². The maximum absolute atomic E-state index is 12.0. The third kappa shape index (κ3) is 2.29. The van der Waals surface area contributed by atoms with Gasteiger partial charge in [-0.25, -0.2) is 0 Å². The molecular weight excluding hydrogens is 314 g/mol. The molecule has 0 saturated heterocycles. The summed E-state index contributed by atoms with van der Waals surface area (Å²) in [6, 6.07) is 24.3. The molecule has 0 radical (unpaired) electrons. The molecule has 3 aromatic rings. The summed E-state index contributed by atoms with van der Waals surface area (Å²) in [5.74, 6) is 0. The molecular formula is C21H17NOS. The Bertz CT molecular complexity index is 855. The van der Waals surface area contributed by atoms with Crippen molar-refractivity contribution in [2.75, 3.05) is 0 Å². The molecule has 0 fully saturated rings. The quantitative estimate of drug-likeness (QED) is 0.724. The van der Waals surface area contributed by atoms with E-state index in [1.807, 2.05) is 42.5 Å². The highest BCUT2D eigenvalue weighted by Crippen LogP contribution is 2.44. The molecule has 24 heavy (non-hydrogen) atoms. The van der Waals surface area contributed by atoms with Gasteiger partial charge in [0, 0.05) is 10.6 Å². The molecule has 2 unspecified atom stereocenters. The van der Waals surface area contributed by atoms with Gasteiger partial charge in [0.1, 0.15) is 12.3 Å². The molecule has 1 aliphatic heterocycles. The Labute approximate surface area is 145 Å². The summed E-state index contributed by atoms with van der Waals surface area (Å²) in [5, 5.41) is 5.50. The lowest BCUT2D eigenvalue weighted by Gasteiger charge is -2.31. The molecule has 1 aliphatic rings. The molecule has 2 nitrogen and oxygen atoms in total. The first-order valence-electron chi connectivity index (χ1n) is 7.94. The number of benzene rings is 2. The molecule has 4 rings (SSSR count). The van der Waals surface area contributed by atoms with Crippen LogP contribution in [0.4, 0.5) is 0 Å². The topological polar surface area (TPSA) is 29.1 Å². The van der Waals surface area contributed by atoms with Crippen LogP contribution >= 0.6 is 11.3 Å². The number of rotatable bonds is 4. The molecule has 0 saturated carbocycles. The summed E-state index contributed by atoms with van der Waals surface area (Å²) in [4.78, 5) is 13.1. The Morgan fingerprint density at radius 2 is 1.62 bits per heavy atom. The SMILES string of the molecule is O=CC1NC(c2ccccc2)=CC1(c1ccccc1)c1cccs1. The van der Waals surface area contributed by atoms with Gasteiger partial charge in [-0.3, -0.25) is 0 Å². The standard InChI is InChI=1S/C21H17NOS/c23-15-19-21(20-12-7-13-24-20,17-10-5-2-6-11-17)14-18(22-19)16-8-3-1-4-9-16/h1-15,19,22H. The van der Waals surface area contributed by atoms with Gasteiger partial charge in [-0.15, -0.1) is 11.3 Å². The van der Waals surface area contributed by atoms with Crippen LogP contribution in [0.2, 0.25) is 0 Å². The number of carbonyl (C=O) groups is 1. The second kappa shape index (κ2) is 6.10. The Kier molecular flexibility index (Phi) is 3.79. The number of hydrogen-bond donors (Lipinski definition) is 1. The van der Waals surface area contributed by atoms with E-state index in [9.17, 15) is 4.79 Å². The van der Waals surface area contributed by atoms with Crippen molar-refractivity contribution in [1.29, 1.82) is 0 Å². The Morgan fingerprint density at radius 3 is 2.25 bits per heavy atom. The first-order valence-corrected chi connectivity index (χ1v) is 8.82. The number of aldehydes is 1. The molecule has 0 spiro atoms. The summed E-state index contributed by atoms with van der Waals surface area (Å²) in [5.41, 5.74) is 2.76. The molecule has 0 aliphatic carbocycles. The second-order valence-electron chi connectivity index (χ2n) is 5.89. The van der Waals surface area contributed by atoms with Crippen molar-refractivity contribution in [2.24, 2.45) is 0 Å². The molecule has 2 aromatic carbocycles. The van der Waals surface area contributed by atoms with E-state index in [2.05, 4.69) is 47.1 Å². The summed E-state index contributed by atoms with van der Waals surface area (Å²) in [6.45, 7) is 0. The van der Waals surface area contributed by atoms with E-state index in [0.717, 1.165) is 23.1 Å². The molecule has 0 bridgehead atoms. The average molecular weight is 331 g/mol. The highest BCUT2D eigenvalue weighted by atomic mass is 32.1. The molecule has 1 N–H and O–H groups in total. The summed E-state index contributed by atoms with van der Waals surface area (Å²) in [7, 11) is 0. The summed E-state index contributed by atoms with van der Waals surface area (Å²) in [6.07, 6.45) is 3.24. The van der Waals surface area contributed by atoms with Gasteiger partial charge in [-0.05, 0) is 28.6 Å². The van der Waals surface area contributed by atoms with E-state index in [0.29, 0.717) is 0 Å². The van der Waals surface area contributed by atoms with Gasteiger partial charge in [0.2, 0.25) is 0 Å². The summed E-state index contributed by atoms with van der Waals surface area (Å²) < 4.78 is 0. The maximum Gasteiger partial charge on any atom is 0.143 e. The average Bonchev–Trinajstić information content (AvgIpc) is 3.31. The van der Waals surface area contributed by atoms with E-state index in [4.69, 9.17) is 0 Å². The van der Waals surface area contributed by atoms with Crippen LogP contribution < -0.4 is 5.32 Å². The van der Waals surface area contributed by atoms with E-state index in [1.54, 1.807) is 11.3 Å². The van der Waals surface area contributed by atoms with Gasteiger partial charge in [-0.2, -0.15) is 0 Å². The van der Waals surface area contributed by atoms with Gasteiger partial charge in [0.15, 0.2) is 0 Å². The van der Waals surface area contributed by atoms with Crippen molar-refractivity contribution < 1.29 is 4.79 Å². The van der Waals surface area contributed by atoms with Gasteiger partial charge >= 0.3 is 0 Å². The first-order chi connectivity index (χ1) is 11.8. The predicted molar refractivity (Wildman–Crippen MR) is 98.9 cm³/mol. The zero-order valence-corrected chi connectivity index (χ0v) is 13.9. The molecule has 3 heteroatoms. The van der Waals surface area contributed by atoms with E-state index >= 15 is 0 Å². The molecule has 2 heterocycles. The Hall–Kier alpha value is -2.65. The zero-order chi connectivity index (χ0) is 16.4. The van der Waals surface area contributed by atoms with Crippen molar-refractivity contribution in [3.05, 3.63) is 100 Å². The van der Waals surface area contributed by atoms with Gasteiger partial charge in [0.25, 0.3) is 0 Å². The lowest BCUT2D eigenvalue weighted by Crippen LogP contribution is -2.43. The predicted octanol–water partition coefficient (Wildman–Crippen LogP) is 4.25. The van der Waals surface area contributed by atoms with Crippen LogP contribution in [0.1, 0.15) is 16.0 Å².